The summed E-state index contributed by atoms with van der Waals surface area (Å²) in [6.45, 7) is 1.97. The van der Waals surface area contributed by atoms with Gasteiger partial charge in [-0.25, -0.2) is 9.97 Å². The number of hydrogen-bond acceptors (Lipinski definition) is 6. The number of nitrogens with two attached hydrogens (primary N) is 1. The standard InChI is InChI=1S/C15H12N6/c1-9-3-2-4-12-13(9)20-15(21-14(12)17)19-11-6-5-10(7-16)18-8-11/h2-6,8H,1H3,(H3,17,19,20,21). The summed E-state index contributed by atoms with van der Waals surface area (Å²) in [7, 11) is 0. The number of anilines is 3. The summed E-state index contributed by atoms with van der Waals surface area (Å²) >= 11 is 0. The SMILES string of the molecule is Cc1cccc2c(N)nc(Nc3ccc(C#N)nc3)nc12. The molecule has 3 rings (SSSR count). The summed E-state index contributed by atoms with van der Waals surface area (Å²) in [5.41, 5.74) is 8.87. The molecule has 0 aliphatic carbocycles. The second-order valence-corrected chi connectivity index (χ2v) is 4.57. The van der Waals surface area contributed by atoms with Gasteiger partial charge in [-0.2, -0.15) is 10.2 Å². The predicted molar refractivity (Wildman–Crippen MR) is 80.9 cm³/mol. The van der Waals surface area contributed by atoms with Crippen molar-refractivity contribution in [2.75, 3.05) is 11.1 Å². The third-order valence-corrected chi connectivity index (χ3v) is 3.09. The molecule has 0 radical (unpaired) electrons. The molecule has 21 heavy (non-hydrogen) atoms. The largest absolute Gasteiger partial charge is 0.383 e. The fourth-order valence-electron chi connectivity index (χ4n) is 2.04. The lowest BCUT2D eigenvalue weighted by Gasteiger charge is -2.08. The Morgan fingerprint density at radius 1 is 1.19 bits per heavy atom. The minimum atomic E-state index is 0.357. The van der Waals surface area contributed by atoms with E-state index in [0.29, 0.717) is 23.1 Å². The number of para-hydroxylation sites is 1. The molecular weight excluding hydrogens is 264 g/mol. The lowest BCUT2D eigenvalue weighted by atomic mass is 10.1. The van der Waals surface area contributed by atoms with Gasteiger partial charge in [-0.1, -0.05) is 12.1 Å². The minimum absolute atomic E-state index is 0.357. The van der Waals surface area contributed by atoms with E-state index in [1.165, 1.54) is 0 Å². The Morgan fingerprint density at radius 3 is 2.76 bits per heavy atom. The second-order valence-electron chi connectivity index (χ2n) is 4.57. The Labute approximate surface area is 121 Å². The number of aromatic nitrogens is 3. The zero-order valence-corrected chi connectivity index (χ0v) is 11.3. The van der Waals surface area contributed by atoms with Gasteiger partial charge in [0.2, 0.25) is 5.95 Å². The van der Waals surface area contributed by atoms with Crippen molar-refractivity contribution >= 4 is 28.4 Å². The highest BCUT2D eigenvalue weighted by Crippen LogP contribution is 2.23. The molecule has 2 aromatic heterocycles. The van der Waals surface area contributed by atoms with Crippen LogP contribution in [0.4, 0.5) is 17.5 Å². The van der Waals surface area contributed by atoms with Crippen molar-refractivity contribution in [3.05, 3.63) is 47.8 Å². The van der Waals surface area contributed by atoms with Crippen molar-refractivity contribution in [2.45, 2.75) is 6.92 Å². The molecule has 1 aromatic carbocycles. The van der Waals surface area contributed by atoms with Crippen LogP contribution in [-0.2, 0) is 0 Å². The van der Waals surface area contributed by atoms with Gasteiger partial charge < -0.3 is 11.1 Å². The fraction of sp³-hybridized carbons (Fsp3) is 0.0667. The number of aryl methyl sites for hydroxylation is 1. The van der Waals surface area contributed by atoms with E-state index >= 15 is 0 Å². The summed E-state index contributed by atoms with van der Waals surface area (Å²) in [5, 5.41) is 12.6. The van der Waals surface area contributed by atoms with Crippen molar-refractivity contribution in [3.8, 4) is 6.07 Å². The van der Waals surface area contributed by atoms with Crippen molar-refractivity contribution in [1.29, 1.82) is 5.26 Å². The average molecular weight is 276 g/mol. The maximum Gasteiger partial charge on any atom is 0.229 e. The smallest absolute Gasteiger partial charge is 0.229 e. The summed E-state index contributed by atoms with van der Waals surface area (Å²) < 4.78 is 0. The van der Waals surface area contributed by atoms with Gasteiger partial charge in [0.1, 0.15) is 17.6 Å². The molecule has 0 aliphatic rings. The fourth-order valence-corrected chi connectivity index (χ4v) is 2.04. The molecule has 0 unspecified atom stereocenters. The van der Waals surface area contributed by atoms with E-state index in [4.69, 9.17) is 11.0 Å². The Bertz CT molecular complexity index is 848. The van der Waals surface area contributed by atoms with E-state index in [0.717, 1.165) is 16.5 Å². The highest BCUT2D eigenvalue weighted by molar-refractivity contribution is 5.91. The van der Waals surface area contributed by atoms with Crippen molar-refractivity contribution in [2.24, 2.45) is 0 Å². The van der Waals surface area contributed by atoms with Gasteiger partial charge in [0.05, 0.1) is 17.4 Å². The van der Waals surface area contributed by atoms with Gasteiger partial charge in [0, 0.05) is 5.39 Å². The topological polar surface area (TPSA) is 101 Å². The first-order chi connectivity index (χ1) is 10.2. The van der Waals surface area contributed by atoms with Crippen LogP contribution in [0.25, 0.3) is 10.9 Å². The van der Waals surface area contributed by atoms with Gasteiger partial charge in [0.15, 0.2) is 0 Å². The Balaban J connectivity index is 2.00. The van der Waals surface area contributed by atoms with Crippen LogP contribution in [0.5, 0.6) is 0 Å². The molecule has 6 heteroatoms. The summed E-state index contributed by atoms with van der Waals surface area (Å²) in [6, 6.07) is 11.1. The lowest BCUT2D eigenvalue weighted by Crippen LogP contribution is -2.02. The maximum absolute atomic E-state index is 8.73. The van der Waals surface area contributed by atoms with Crippen molar-refractivity contribution in [1.82, 2.24) is 15.0 Å². The normalized spacial score (nSPS) is 10.3. The van der Waals surface area contributed by atoms with Gasteiger partial charge in [0.25, 0.3) is 0 Å². The van der Waals surface area contributed by atoms with E-state index in [1.807, 2.05) is 31.2 Å². The van der Waals surface area contributed by atoms with Crippen LogP contribution in [0, 0.1) is 18.3 Å². The number of nitriles is 1. The van der Waals surface area contributed by atoms with Crippen LogP contribution in [0.2, 0.25) is 0 Å². The molecule has 0 atom stereocenters. The maximum atomic E-state index is 8.73. The minimum Gasteiger partial charge on any atom is -0.383 e. The molecule has 0 saturated carbocycles. The van der Waals surface area contributed by atoms with Gasteiger partial charge in [-0.05, 0) is 30.7 Å². The molecule has 0 bridgehead atoms. The summed E-state index contributed by atoms with van der Waals surface area (Å²) in [4.78, 5) is 12.7. The first kappa shape index (κ1) is 12.8. The number of rotatable bonds is 2. The molecule has 0 spiro atoms. The van der Waals surface area contributed by atoms with E-state index in [-0.39, 0.29) is 0 Å². The Kier molecular flexibility index (Phi) is 3.09. The number of nitrogens with one attached hydrogen (secondary N) is 1. The van der Waals surface area contributed by atoms with Gasteiger partial charge in [-0.3, -0.25) is 0 Å². The number of fused-ring (bicyclic) bond motifs is 1. The third kappa shape index (κ3) is 2.44. The Hall–Kier alpha value is -3.20. The number of nitrogens with zero attached hydrogens (tertiary/aromatic N) is 4. The van der Waals surface area contributed by atoms with E-state index < -0.39 is 0 Å². The second kappa shape index (κ2) is 5.06. The quantitative estimate of drug-likeness (QED) is 0.746. The van der Waals surface area contributed by atoms with Crippen molar-refractivity contribution in [3.63, 3.8) is 0 Å². The summed E-state index contributed by atoms with van der Waals surface area (Å²) in [5.74, 6) is 0.827. The van der Waals surface area contributed by atoms with E-state index in [1.54, 1.807) is 18.3 Å². The molecule has 3 aromatic rings. The number of benzene rings is 1. The molecular formula is C15H12N6. The molecule has 0 fully saturated rings. The number of pyridine rings is 1. The zero-order valence-electron chi connectivity index (χ0n) is 11.3. The molecule has 102 valence electrons. The zero-order chi connectivity index (χ0) is 14.8. The first-order valence-electron chi connectivity index (χ1n) is 6.33. The van der Waals surface area contributed by atoms with Crippen LogP contribution in [-0.4, -0.2) is 15.0 Å². The highest BCUT2D eigenvalue weighted by atomic mass is 15.1. The summed E-state index contributed by atoms with van der Waals surface area (Å²) in [6.07, 6.45) is 1.56. The van der Waals surface area contributed by atoms with Crippen LogP contribution < -0.4 is 11.1 Å². The van der Waals surface area contributed by atoms with Crippen molar-refractivity contribution < 1.29 is 0 Å². The monoisotopic (exact) mass is 276 g/mol. The Morgan fingerprint density at radius 2 is 2.05 bits per heavy atom. The van der Waals surface area contributed by atoms with E-state index in [2.05, 4.69) is 20.3 Å². The molecule has 0 amide bonds. The molecule has 3 N–H and O–H groups in total. The van der Waals surface area contributed by atoms with E-state index in [9.17, 15) is 0 Å². The van der Waals surface area contributed by atoms with Crippen LogP contribution in [0.15, 0.2) is 36.5 Å². The van der Waals surface area contributed by atoms with Gasteiger partial charge in [-0.15, -0.1) is 0 Å². The average Bonchev–Trinajstić information content (AvgIpc) is 2.49. The molecule has 0 saturated heterocycles. The highest BCUT2D eigenvalue weighted by Gasteiger charge is 2.07. The van der Waals surface area contributed by atoms with Gasteiger partial charge >= 0.3 is 0 Å². The van der Waals surface area contributed by atoms with Crippen LogP contribution in [0.3, 0.4) is 0 Å². The molecule has 2 heterocycles. The van der Waals surface area contributed by atoms with Crippen LogP contribution >= 0.6 is 0 Å². The number of hydrogen-bond donors (Lipinski definition) is 2. The predicted octanol–water partition coefficient (Wildman–Crippen LogP) is 2.53. The first-order valence-corrected chi connectivity index (χ1v) is 6.33. The number of nitrogen functional groups attached to an aromatic ring is 1. The third-order valence-electron chi connectivity index (χ3n) is 3.09. The molecule has 0 aliphatic heterocycles. The molecule has 6 nitrogen and oxygen atoms in total. The van der Waals surface area contributed by atoms with Crippen LogP contribution in [0.1, 0.15) is 11.3 Å². The lowest BCUT2D eigenvalue weighted by molar-refractivity contribution is 1.19.